The highest BCUT2D eigenvalue weighted by Gasteiger charge is 2.38. The largest absolute Gasteiger partial charge is 0.481 e. The molecule has 0 aromatic heterocycles. The average Bonchev–Trinajstić information content (AvgIpc) is 2.96. The van der Waals surface area contributed by atoms with Crippen molar-refractivity contribution in [1.82, 2.24) is 0 Å². The Morgan fingerprint density at radius 2 is 1.55 bits per heavy atom. The highest BCUT2D eigenvalue weighted by molar-refractivity contribution is 7.99. The lowest BCUT2D eigenvalue weighted by Gasteiger charge is -2.41. The van der Waals surface area contributed by atoms with E-state index in [0.29, 0.717) is 16.3 Å². The second kappa shape index (κ2) is 13.6. The normalized spacial score (nSPS) is 20.6. The second-order valence-electron chi connectivity index (χ2n) is 9.50. The third-order valence-electron chi connectivity index (χ3n) is 6.68. The molecular formula is C30H31NO8S. The Morgan fingerprint density at radius 1 is 0.875 bits per heavy atom. The van der Waals surface area contributed by atoms with Crippen LogP contribution in [-0.2, 0) is 25.7 Å². The lowest BCUT2D eigenvalue weighted by Crippen LogP contribution is -2.38. The van der Waals surface area contributed by atoms with E-state index in [1.165, 1.54) is 11.8 Å². The summed E-state index contributed by atoms with van der Waals surface area (Å²) in [6.07, 6.45) is -1.71. The Hall–Kier alpha value is -3.70. The van der Waals surface area contributed by atoms with Crippen LogP contribution in [0.5, 0.6) is 0 Å². The maximum Gasteiger partial charge on any atom is 0.336 e. The van der Waals surface area contributed by atoms with Gasteiger partial charge in [0.1, 0.15) is 0 Å². The molecule has 3 aromatic rings. The van der Waals surface area contributed by atoms with Gasteiger partial charge >= 0.3 is 11.9 Å². The Balaban J connectivity index is 1.54. The maximum atomic E-state index is 12.0. The fourth-order valence-corrected chi connectivity index (χ4v) is 5.63. The van der Waals surface area contributed by atoms with Crippen molar-refractivity contribution in [2.24, 2.45) is 5.92 Å². The number of thioether (sulfide) groups is 1. The van der Waals surface area contributed by atoms with Gasteiger partial charge in [-0.3, -0.25) is 9.59 Å². The molecule has 4 rings (SSSR count). The summed E-state index contributed by atoms with van der Waals surface area (Å²) in [4.78, 5) is 35.1. The topological polar surface area (TPSA) is 142 Å². The minimum Gasteiger partial charge on any atom is -0.481 e. The molecule has 3 aromatic carbocycles. The molecule has 1 aliphatic rings. The zero-order valence-electron chi connectivity index (χ0n) is 21.9. The van der Waals surface area contributed by atoms with Gasteiger partial charge in [0.2, 0.25) is 5.91 Å². The zero-order valence-corrected chi connectivity index (χ0v) is 22.7. The number of carbonyl (C=O) groups excluding carboxylic acids is 1. The molecule has 0 spiro atoms. The molecule has 0 aliphatic carbocycles. The number of benzene rings is 3. The van der Waals surface area contributed by atoms with Crippen molar-refractivity contribution in [2.45, 2.75) is 49.8 Å². The first-order valence-corrected chi connectivity index (χ1v) is 13.8. The Labute approximate surface area is 236 Å². The van der Waals surface area contributed by atoms with Crippen molar-refractivity contribution in [3.05, 3.63) is 95.1 Å². The molecule has 10 heteroatoms. The molecule has 1 fully saturated rings. The first-order chi connectivity index (χ1) is 19.2. The summed E-state index contributed by atoms with van der Waals surface area (Å²) >= 11 is 1.42. The Bertz CT molecular complexity index is 1330. The van der Waals surface area contributed by atoms with Crippen molar-refractivity contribution in [2.75, 3.05) is 11.1 Å². The van der Waals surface area contributed by atoms with E-state index in [-0.39, 0.29) is 49.0 Å². The van der Waals surface area contributed by atoms with Crippen LogP contribution in [-0.4, -0.2) is 45.0 Å². The fraction of sp³-hybridized carbons (Fsp3) is 0.300. The summed E-state index contributed by atoms with van der Waals surface area (Å²) in [6, 6.07) is 21.4. The number of ether oxygens (including phenoxy) is 2. The highest BCUT2D eigenvalue weighted by Crippen LogP contribution is 2.43. The Kier molecular flexibility index (Phi) is 9.94. The Morgan fingerprint density at radius 3 is 2.20 bits per heavy atom. The van der Waals surface area contributed by atoms with E-state index in [9.17, 15) is 24.6 Å². The molecule has 1 heterocycles. The van der Waals surface area contributed by atoms with Crippen LogP contribution in [0.4, 0.5) is 5.69 Å². The molecule has 0 bridgehead atoms. The van der Waals surface area contributed by atoms with Gasteiger partial charge in [-0.15, -0.1) is 11.8 Å². The van der Waals surface area contributed by atoms with Crippen molar-refractivity contribution in [3.8, 4) is 0 Å². The fourth-order valence-electron chi connectivity index (χ4n) is 4.42. The van der Waals surface area contributed by atoms with Crippen LogP contribution in [0, 0.1) is 5.92 Å². The van der Waals surface area contributed by atoms with Gasteiger partial charge in [-0.05, 0) is 35.4 Å². The highest BCUT2D eigenvalue weighted by atomic mass is 32.2. The van der Waals surface area contributed by atoms with Gasteiger partial charge in [-0.2, -0.15) is 0 Å². The van der Waals surface area contributed by atoms with E-state index in [0.717, 1.165) is 16.7 Å². The van der Waals surface area contributed by atoms with Gasteiger partial charge in [-0.25, -0.2) is 4.79 Å². The SMILES string of the molecule is C[C@@H]1[C@H](CSc2ccccc2C(=O)O)O[C@H](c2ccc(NC(=O)CCC(=O)O)cc2)O[C@@H]1c1ccc(CO)cc1. The van der Waals surface area contributed by atoms with Crippen LogP contribution in [0.25, 0.3) is 0 Å². The van der Waals surface area contributed by atoms with Crippen LogP contribution in [0.1, 0.15) is 59.2 Å². The summed E-state index contributed by atoms with van der Waals surface area (Å²) in [7, 11) is 0. The quantitative estimate of drug-likeness (QED) is 0.229. The van der Waals surface area contributed by atoms with Crippen LogP contribution < -0.4 is 5.32 Å². The molecule has 0 saturated carbocycles. The third kappa shape index (κ3) is 7.48. The molecule has 1 aliphatic heterocycles. The number of aliphatic carboxylic acids is 1. The minimum absolute atomic E-state index is 0.0610. The van der Waals surface area contributed by atoms with Crippen LogP contribution in [0.15, 0.2) is 77.7 Å². The van der Waals surface area contributed by atoms with Crippen LogP contribution >= 0.6 is 11.8 Å². The van der Waals surface area contributed by atoms with Crippen molar-refractivity contribution >= 4 is 35.3 Å². The number of aromatic carboxylic acids is 1. The molecule has 4 atom stereocenters. The number of aliphatic hydroxyl groups excluding tert-OH is 1. The molecule has 9 nitrogen and oxygen atoms in total. The predicted molar refractivity (Wildman–Crippen MR) is 149 cm³/mol. The van der Waals surface area contributed by atoms with Crippen molar-refractivity contribution < 1.29 is 39.2 Å². The van der Waals surface area contributed by atoms with Gasteiger partial charge in [0.15, 0.2) is 6.29 Å². The number of hydrogen-bond acceptors (Lipinski definition) is 7. The van der Waals surface area contributed by atoms with E-state index in [2.05, 4.69) is 5.32 Å². The first-order valence-electron chi connectivity index (χ1n) is 12.8. The van der Waals surface area contributed by atoms with Crippen molar-refractivity contribution in [1.29, 1.82) is 0 Å². The number of aliphatic hydroxyl groups is 1. The molecular weight excluding hydrogens is 534 g/mol. The average molecular weight is 566 g/mol. The van der Waals surface area contributed by atoms with Gasteiger partial charge in [-0.1, -0.05) is 55.5 Å². The number of carboxylic acid groups (broad SMARTS) is 2. The van der Waals surface area contributed by atoms with E-state index in [1.54, 1.807) is 48.5 Å². The molecule has 0 radical (unpaired) electrons. The lowest BCUT2D eigenvalue weighted by molar-refractivity contribution is -0.268. The van der Waals surface area contributed by atoms with E-state index < -0.39 is 18.2 Å². The number of hydrogen-bond donors (Lipinski definition) is 4. The first kappa shape index (κ1) is 29.3. The van der Waals surface area contributed by atoms with E-state index in [4.69, 9.17) is 14.6 Å². The summed E-state index contributed by atoms with van der Waals surface area (Å²) in [5.74, 6) is -1.99. The van der Waals surface area contributed by atoms with Crippen molar-refractivity contribution in [3.63, 3.8) is 0 Å². The van der Waals surface area contributed by atoms with E-state index in [1.807, 2.05) is 31.2 Å². The second-order valence-corrected chi connectivity index (χ2v) is 10.6. The standard InChI is InChI=1S/C30H31NO8S/c1-18-24(17-40-25-5-3-2-4-23(25)29(36)37)38-30(39-28(18)20-8-6-19(16-32)7-9-20)21-10-12-22(13-11-21)31-26(33)14-15-27(34)35/h2-13,18,24,28,30,32H,14-17H2,1H3,(H,31,33)(H,34,35)(H,36,37)/t18-,24+,28+,30+/m1/s1. The summed E-state index contributed by atoms with van der Waals surface area (Å²) in [6.45, 7) is 1.97. The number of anilines is 1. The molecule has 1 saturated heterocycles. The maximum absolute atomic E-state index is 12.0. The number of carbonyl (C=O) groups is 3. The molecule has 40 heavy (non-hydrogen) atoms. The summed E-state index contributed by atoms with van der Waals surface area (Å²) in [5.41, 5.74) is 3.21. The minimum atomic E-state index is -1.04. The predicted octanol–water partition coefficient (Wildman–Crippen LogP) is 5.26. The summed E-state index contributed by atoms with van der Waals surface area (Å²) < 4.78 is 12.8. The number of nitrogens with one attached hydrogen (secondary N) is 1. The lowest BCUT2D eigenvalue weighted by atomic mass is 9.91. The molecule has 0 unspecified atom stereocenters. The van der Waals surface area contributed by atoms with Gasteiger partial charge in [0.05, 0.1) is 30.8 Å². The zero-order chi connectivity index (χ0) is 28.6. The van der Waals surface area contributed by atoms with Gasteiger partial charge in [0.25, 0.3) is 0 Å². The number of carboxylic acids is 2. The van der Waals surface area contributed by atoms with Gasteiger partial charge < -0.3 is 30.1 Å². The number of amides is 1. The number of rotatable bonds is 11. The van der Waals surface area contributed by atoms with Crippen LogP contribution in [0.2, 0.25) is 0 Å². The third-order valence-corrected chi connectivity index (χ3v) is 7.84. The molecule has 1 amide bonds. The molecule has 210 valence electrons. The summed E-state index contributed by atoms with van der Waals surface area (Å²) in [5, 5.41) is 30.5. The monoisotopic (exact) mass is 565 g/mol. The van der Waals surface area contributed by atoms with Gasteiger partial charge in [0, 0.05) is 34.2 Å². The smallest absolute Gasteiger partial charge is 0.336 e. The van der Waals surface area contributed by atoms with Crippen LogP contribution in [0.3, 0.4) is 0 Å². The molecule has 4 N–H and O–H groups in total. The van der Waals surface area contributed by atoms with E-state index >= 15 is 0 Å².